The molecule has 0 saturated carbocycles. The highest BCUT2D eigenvalue weighted by molar-refractivity contribution is 5.98. The van der Waals surface area contributed by atoms with Gasteiger partial charge in [-0.2, -0.15) is 26.3 Å². The molecule has 0 radical (unpaired) electrons. The van der Waals surface area contributed by atoms with Crippen molar-refractivity contribution in [2.24, 2.45) is 11.8 Å². The Balaban J connectivity index is 2.89. The Labute approximate surface area is 214 Å². The van der Waals surface area contributed by atoms with Crippen LogP contribution in [0.2, 0.25) is 0 Å². The maximum absolute atomic E-state index is 12.7. The van der Waals surface area contributed by atoms with Crippen molar-refractivity contribution < 1.29 is 45.5 Å². The van der Waals surface area contributed by atoms with Crippen LogP contribution in [0.5, 0.6) is 0 Å². The summed E-state index contributed by atoms with van der Waals surface area (Å²) >= 11 is 0. The number of anilines is 2. The molecule has 0 aliphatic heterocycles. The molecule has 0 heterocycles. The molecule has 14 heteroatoms. The molecule has 8 nitrogen and oxygen atoms in total. The van der Waals surface area contributed by atoms with Crippen molar-refractivity contribution >= 4 is 34.8 Å². The molecule has 2 amide bonds. The van der Waals surface area contributed by atoms with Crippen LogP contribution in [0.15, 0.2) is 48.8 Å². The Morgan fingerprint density at radius 2 is 1.03 bits per heavy atom. The third kappa shape index (κ3) is 10.6. The number of amides is 2. The second-order valence-corrected chi connectivity index (χ2v) is 8.73. The Morgan fingerprint density at radius 1 is 0.684 bits per heavy atom. The zero-order valence-corrected chi connectivity index (χ0v) is 20.8. The van der Waals surface area contributed by atoms with E-state index >= 15 is 0 Å². The SMILES string of the molecule is CC(C)C(N/C=C/C(=O)C(F)(F)F)C(=O)Nc1cccc(NC(=O)C(N/C=C/C(=O)C(F)(F)F)C(C)C)c1. The second-order valence-electron chi connectivity index (χ2n) is 8.73. The van der Waals surface area contributed by atoms with Gasteiger partial charge in [0, 0.05) is 35.9 Å². The summed E-state index contributed by atoms with van der Waals surface area (Å²) in [4.78, 5) is 47.3. The number of hydrogen-bond acceptors (Lipinski definition) is 6. The van der Waals surface area contributed by atoms with Gasteiger partial charge in [-0.05, 0) is 30.0 Å². The minimum Gasteiger partial charge on any atom is -0.379 e. The number of hydrogen-bond donors (Lipinski definition) is 4. The van der Waals surface area contributed by atoms with Crippen molar-refractivity contribution in [1.29, 1.82) is 0 Å². The van der Waals surface area contributed by atoms with Gasteiger partial charge in [-0.3, -0.25) is 19.2 Å². The van der Waals surface area contributed by atoms with E-state index in [4.69, 9.17) is 0 Å². The predicted octanol–water partition coefficient (Wildman–Crippen LogP) is 4.08. The van der Waals surface area contributed by atoms with Gasteiger partial charge >= 0.3 is 12.4 Å². The molecular formula is C24H28F6N4O4. The zero-order valence-electron chi connectivity index (χ0n) is 20.8. The van der Waals surface area contributed by atoms with Crippen LogP contribution in [-0.4, -0.2) is 47.8 Å². The smallest absolute Gasteiger partial charge is 0.379 e. The zero-order chi connectivity index (χ0) is 29.3. The number of benzene rings is 1. The molecule has 0 spiro atoms. The first-order chi connectivity index (χ1) is 17.4. The molecule has 0 bridgehead atoms. The topological polar surface area (TPSA) is 116 Å². The standard InChI is InChI=1S/C24H28F6N4O4/c1-13(2)19(31-10-8-17(35)23(25,26)27)21(37)33-15-6-5-7-16(12-15)34-22(38)20(14(3)4)32-11-9-18(36)24(28,29)30/h5-14,19-20,31-32H,1-4H3,(H,33,37)(H,34,38)/b10-8+,11-9+. The van der Waals surface area contributed by atoms with Gasteiger partial charge in [0.05, 0.1) is 0 Å². The van der Waals surface area contributed by atoms with E-state index in [0.717, 1.165) is 12.4 Å². The Hall–Kier alpha value is -3.84. The van der Waals surface area contributed by atoms with Crippen molar-refractivity contribution in [2.45, 2.75) is 52.1 Å². The lowest BCUT2D eigenvalue weighted by molar-refractivity contribution is -0.165. The summed E-state index contributed by atoms with van der Waals surface area (Å²) in [5, 5.41) is 10.0. The van der Waals surface area contributed by atoms with Crippen molar-refractivity contribution in [2.75, 3.05) is 10.6 Å². The maximum atomic E-state index is 12.7. The Bertz CT molecular complexity index is 985. The molecule has 210 valence electrons. The highest BCUT2D eigenvalue weighted by Gasteiger charge is 2.37. The third-order valence-electron chi connectivity index (χ3n) is 4.88. The lowest BCUT2D eigenvalue weighted by Crippen LogP contribution is -2.42. The average molecular weight is 550 g/mol. The van der Waals surface area contributed by atoms with Crippen LogP contribution in [0.1, 0.15) is 27.7 Å². The minimum absolute atomic E-state index is 0.223. The number of carbonyl (C=O) groups is 4. The van der Waals surface area contributed by atoms with E-state index < -0.39 is 59.7 Å². The minimum atomic E-state index is -5.04. The summed E-state index contributed by atoms with van der Waals surface area (Å²) in [5.74, 6) is -6.22. The fourth-order valence-electron chi connectivity index (χ4n) is 2.90. The highest BCUT2D eigenvalue weighted by Crippen LogP contribution is 2.19. The first kappa shape index (κ1) is 32.2. The Kier molecular flexibility index (Phi) is 11.5. The fraction of sp³-hybridized carbons (Fsp3) is 0.417. The molecule has 1 rings (SSSR count). The van der Waals surface area contributed by atoms with Crippen LogP contribution >= 0.6 is 0 Å². The van der Waals surface area contributed by atoms with E-state index in [1.165, 1.54) is 24.3 Å². The summed E-state index contributed by atoms with van der Waals surface area (Å²) in [5.41, 5.74) is 0.445. The normalized spacial score (nSPS) is 14.0. The molecule has 0 aliphatic carbocycles. The van der Waals surface area contributed by atoms with E-state index in [9.17, 15) is 45.5 Å². The molecule has 0 fully saturated rings. The quantitative estimate of drug-likeness (QED) is 0.230. The van der Waals surface area contributed by atoms with Crippen LogP contribution in [0.4, 0.5) is 37.7 Å². The molecular weight excluding hydrogens is 522 g/mol. The summed E-state index contributed by atoms with van der Waals surface area (Å²) < 4.78 is 74.0. The molecule has 2 atom stereocenters. The molecule has 38 heavy (non-hydrogen) atoms. The van der Waals surface area contributed by atoms with Gasteiger partial charge in [0.2, 0.25) is 11.8 Å². The fourth-order valence-corrected chi connectivity index (χ4v) is 2.90. The number of halogens is 6. The Morgan fingerprint density at radius 3 is 1.32 bits per heavy atom. The number of alkyl halides is 6. The first-order valence-corrected chi connectivity index (χ1v) is 11.2. The third-order valence-corrected chi connectivity index (χ3v) is 4.88. The van der Waals surface area contributed by atoms with Gasteiger partial charge in [0.25, 0.3) is 11.6 Å². The van der Waals surface area contributed by atoms with Gasteiger partial charge in [0.15, 0.2) is 0 Å². The number of allylic oxidation sites excluding steroid dienone is 2. The molecule has 0 aromatic heterocycles. The van der Waals surface area contributed by atoms with Crippen LogP contribution < -0.4 is 21.3 Å². The van der Waals surface area contributed by atoms with Gasteiger partial charge in [-0.25, -0.2) is 0 Å². The van der Waals surface area contributed by atoms with E-state index in [-0.39, 0.29) is 23.5 Å². The summed E-state index contributed by atoms with van der Waals surface area (Å²) in [6.45, 7) is 6.51. The van der Waals surface area contributed by atoms with E-state index in [2.05, 4.69) is 21.3 Å². The highest BCUT2D eigenvalue weighted by atomic mass is 19.4. The van der Waals surface area contributed by atoms with Gasteiger partial charge < -0.3 is 21.3 Å². The van der Waals surface area contributed by atoms with Crippen molar-refractivity contribution in [3.63, 3.8) is 0 Å². The van der Waals surface area contributed by atoms with Crippen LogP contribution in [-0.2, 0) is 19.2 Å². The van der Waals surface area contributed by atoms with Crippen molar-refractivity contribution in [3.8, 4) is 0 Å². The average Bonchev–Trinajstić information content (AvgIpc) is 2.77. The molecule has 2 unspecified atom stereocenters. The summed E-state index contributed by atoms with van der Waals surface area (Å²) in [6, 6.07) is 3.83. The largest absolute Gasteiger partial charge is 0.454 e. The molecule has 1 aromatic rings. The van der Waals surface area contributed by atoms with Crippen molar-refractivity contribution in [3.05, 3.63) is 48.8 Å². The van der Waals surface area contributed by atoms with Crippen LogP contribution in [0.3, 0.4) is 0 Å². The van der Waals surface area contributed by atoms with E-state index in [1.807, 2.05) is 0 Å². The lowest BCUT2D eigenvalue weighted by Gasteiger charge is -2.22. The summed E-state index contributed by atoms with van der Waals surface area (Å²) in [7, 11) is 0. The molecule has 1 aromatic carbocycles. The number of nitrogens with one attached hydrogen (secondary N) is 4. The van der Waals surface area contributed by atoms with Crippen LogP contribution in [0.25, 0.3) is 0 Å². The number of rotatable bonds is 12. The molecule has 0 aliphatic rings. The van der Waals surface area contributed by atoms with E-state index in [0.29, 0.717) is 0 Å². The maximum Gasteiger partial charge on any atom is 0.454 e. The van der Waals surface area contributed by atoms with Gasteiger partial charge in [-0.1, -0.05) is 33.8 Å². The lowest BCUT2D eigenvalue weighted by atomic mass is 10.0. The predicted molar refractivity (Wildman–Crippen MR) is 128 cm³/mol. The monoisotopic (exact) mass is 550 g/mol. The van der Waals surface area contributed by atoms with E-state index in [1.54, 1.807) is 27.7 Å². The number of ketones is 2. The van der Waals surface area contributed by atoms with Crippen LogP contribution in [0, 0.1) is 11.8 Å². The first-order valence-electron chi connectivity index (χ1n) is 11.2. The second kappa shape index (κ2) is 13.6. The van der Waals surface area contributed by atoms with Crippen molar-refractivity contribution in [1.82, 2.24) is 10.6 Å². The number of carbonyl (C=O) groups excluding carboxylic acids is 4. The molecule has 0 saturated heterocycles. The summed E-state index contributed by atoms with van der Waals surface area (Å²) in [6.07, 6.45) is -8.06. The van der Waals surface area contributed by atoms with Gasteiger partial charge in [-0.15, -0.1) is 0 Å². The van der Waals surface area contributed by atoms with Gasteiger partial charge in [0.1, 0.15) is 12.1 Å². The molecule has 4 N–H and O–H groups in total.